The first-order valence-corrected chi connectivity index (χ1v) is 7.67. The van der Waals surface area contributed by atoms with E-state index < -0.39 is 5.41 Å². The number of carbonyl (C=O) groups excluding carboxylic acids is 2. The van der Waals surface area contributed by atoms with Crippen LogP contribution >= 0.6 is 11.3 Å². The topological polar surface area (TPSA) is 59.5 Å². The molecule has 0 unspecified atom stereocenters. The lowest BCUT2D eigenvalue weighted by atomic mass is 9.93. The smallest absolute Gasteiger partial charge is 0.330 e. The Hall–Kier alpha value is -1.27. The maximum absolute atomic E-state index is 12.2. The van der Waals surface area contributed by atoms with Crippen molar-refractivity contribution in [1.82, 2.24) is 10.0 Å². The van der Waals surface area contributed by atoms with Gasteiger partial charge in [-0.05, 0) is 33.6 Å². The van der Waals surface area contributed by atoms with Gasteiger partial charge in [-0.25, -0.2) is 9.78 Å². The van der Waals surface area contributed by atoms with E-state index in [1.165, 1.54) is 11.3 Å². The third-order valence-corrected chi connectivity index (χ3v) is 4.08. The van der Waals surface area contributed by atoms with E-state index in [0.29, 0.717) is 30.9 Å². The van der Waals surface area contributed by atoms with Crippen LogP contribution in [0.25, 0.3) is 0 Å². The molecular formula is C14H20N2O3S. The minimum absolute atomic E-state index is 0.00858. The van der Waals surface area contributed by atoms with Crippen molar-refractivity contribution in [1.29, 1.82) is 0 Å². The summed E-state index contributed by atoms with van der Waals surface area (Å²) in [6.45, 7) is 6.68. The van der Waals surface area contributed by atoms with Crippen molar-refractivity contribution in [3.8, 4) is 0 Å². The number of nitrogens with zero attached hydrogens (tertiary/aromatic N) is 2. The van der Waals surface area contributed by atoms with Crippen LogP contribution in [0.5, 0.6) is 0 Å². The fraction of sp³-hybridized carbons (Fsp3) is 0.643. The Morgan fingerprint density at radius 2 is 2.00 bits per heavy atom. The molecule has 0 N–H and O–H groups in total. The van der Waals surface area contributed by atoms with Crippen LogP contribution in [0.1, 0.15) is 43.4 Å². The van der Waals surface area contributed by atoms with Crippen molar-refractivity contribution >= 4 is 23.1 Å². The molecule has 110 valence electrons. The normalized spacial score (nSPS) is 17.9. The zero-order valence-electron chi connectivity index (χ0n) is 12.1. The average molecular weight is 296 g/mol. The SMILES string of the molecule is CC(C)(C)C(=O)ON1CCC(C(=O)c2nccs2)CC1. The summed E-state index contributed by atoms with van der Waals surface area (Å²) in [6, 6.07) is 0. The number of hydrogen-bond acceptors (Lipinski definition) is 6. The highest BCUT2D eigenvalue weighted by Crippen LogP contribution is 2.24. The number of piperidine rings is 1. The Labute approximate surface area is 122 Å². The Balaban J connectivity index is 1.84. The number of hydroxylamine groups is 2. The van der Waals surface area contributed by atoms with E-state index >= 15 is 0 Å². The molecule has 5 nitrogen and oxygen atoms in total. The van der Waals surface area contributed by atoms with Crippen LogP contribution in [0.15, 0.2) is 11.6 Å². The summed E-state index contributed by atoms with van der Waals surface area (Å²) in [5.74, 6) is -0.130. The van der Waals surface area contributed by atoms with Gasteiger partial charge in [-0.15, -0.1) is 16.4 Å². The van der Waals surface area contributed by atoms with Gasteiger partial charge in [-0.1, -0.05) is 0 Å². The van der Waals surface area contributed by atoms with E-state index in [-0.39, 0.29) is 17.7 Å². The van der Waals surface area contributed by atoms with Crippen LogP contribution in [0.3, 0.4) is 0 Å². The van der Waals surface area contributed by atoms with Crippen LogP contribution in [0, 0.1) is 11.3 Å². The molecule has 0 bridgehead atoms. The fourth-order valence-electron chi connectivity index (χ4n) is 1.98. The second kappa shape index (κ2) is 6.01. The highest BCUT2D eigenvalue weighted by molar-refractivity contribution is 7.11. The lowest BCUT2D eigenvalue weighted by molar-refractivity contribution is -0.205. The first-order valence-electron chi connectivity index (χ1n) is 6.79. The largest absolute Gasteiger partial charge is 0.367 e. The first-order chi connectivity index (χ1) is 9.38. The fourth-order valence-corrected chi connectivity index (χ4v) is 2.64. The first kappa shape index (κ1) is 15.1. The Morgan fingerprint density at radius 3 is 2.50 bits per heavy atom. The van der Waals surface area contributed by atoms with Crippen LogP contribution in [-0.2, 0) is 9.63 Å². The number of hydrogen-bond donors (Lipinski definition) is 0. The molecule has 0 spiro atoms. The van der Waals surface area contributed by atoms with Gasteiger partial charge in [0.05, 0.1) is 5.41 Å². The van der Waals surface area contributed by atoms with Gasteiger partial charge in [0.1, 0.15) is 0 Å². The molecule has 2 heterocycles. The Kier molecular flexibility index (Phi) is 4.55. The summed E-state index contributed by atoms with van der Waals surface area (Å²) in [7, 11) is 0. The molecule has 1 aromatic heterocycles. The Bertz CT molecular complexity index is 471. The number of rotatable bonds is 3. The van der Waals surface area contributed by atoms with Gasteiger partial charge in [-0.3, -0.25) is 4.79 Å². The van der Waals surface area contributed by atoms with Crippen molar-refractivity contribution in [3.63, 3.8) is 0 Å². The molecule has 0 saturated carbocycles. The Morgan fingerprint density at radius 1 is 1.35 bits per heavy atom. The van der Waals surface area contributed by atoms with Crippen molar-refractivity contribution < 1.29 is 14.4 Å². The van der Waals surface area contributed by atoms with Crippen LogP contribution in [0.4, 0.5) is 0 Å². The summed E-state index contributed by atoms with van der Waals surface area (Å²) in [5.41, 5.74) is -0.506. The van der Waals surface area contributed by atoms with Gasteiger partial charge in [0.2, 0.25) is 0 Å². The average Bonchev–Trinajstić information content (AvgIpc) is 2.91. The molecule has 1 aliphatic heterocycles. The van der Waals surface area contributed by atoms with Gasteiger partial charge in [0, 0.05) is 30.6 Å². The second-order valence-corrected chi connectivity index (χ2v) is 6.93. The van der Waals surface area contributed by atoms with Crippen molar-refractivity contribution in [2.24, 2.45) is 11.3 Å². The number of ketones is 1. The molecule has 0 amide bonds. The van der Waals surface area contributed by atoms with Crippen LogP contribution in [0.2, 0.25) is 0 Å². The monoisotopic (exact) mass is 296 g/mol. The number of thiazole rings is 1. The van der Waals surface area contributed by atoms with Crippen molar-refractivity contribution in [2.45, 2.75) is 33.6 Å². The maximum Gasteiger partial charge on any atom is 0.330 e. The molecule has 6 heteroatoms. The quantitative estimate of drug-likeness (QED) is 0.802. The number of aromatic nitrogens is 1. The predicted molar refractivity (Wildman–Crippen MR) is 76.3 cm³/mol. The summed E-state index contributed by atoms with van der Waals surface area (Å²) in [6.07, 6.45) is 3.06. The lowest BCUT2D eigenvalue weighted by Crippen LogP contribution is -2.40. The summed E-state index contributed by atoms with van der Waals surface area (Å²) in [5, 5.41) is 4.06. The molecule has 0 radical (unpaired) electrons. The standard InChI is InChI=1S/C14H20N2O3S/c1-14(2,3)13(18)19-16-7-4-10(5-8-16)11(17)12-15-6-9-20-12/h6,9-10H,4-5,7-8H2,1-3H3. The third kappa shape index (κ3) is 3.64. The molecular weight excluding hydrogens is 276 g/mol. The van der Waals surface area contributed by atoms with E-state index in [1.807, 2.05) is 26.2 Å². The number of carbonyl (C=O) groups is 2. The molecule has 1 fully saturated rings. The van der Waals surface area contributed by atoms with E-state index in [4.69, 9.17) is 4.84 Å². The van der Waals surface area contributed by atoms with Crippen LogP contribution < -0.4 is 0 Å². The maximum atomic E-state index is 12.2. The molecule has 0 aliphatic carbocycles. The summed E-state index contributed by atoms with van der Waals surface area (Å²) in [4.78, 5) is 33.4. The van der Waals surface area contributed by atoms with Crippen molar-refractivity contribution in [2.75, 3.05) is 13.1 Å². The minimum atomic E-state index is -0.506. The minimum Gasteiger partial charge on any atom is -0.367 e. The second-order valence-electron chi connectivity index (χ2n) is 6.03. The van der Waals surface area contributed by atoms with Gasteiger partial charge in [-0.2, -0.15) is 0 Å². The van der Waals surface area contributed by atoms with Crippen molar-refractivity contribution in [3.05, 3.63) is 16.6 Å². The summed E-state index contributed by atoms with van der Waals surface area (Å²) >= 11 is 1.38. The van der Waals surface area contributed by atoms with Gasteiger partial charge >= 0.3 is 5.97 Å². The molecule has 0 aromatic carbocycles. The third-order valence-electron chi connectivity index (χ3n) is 3.29. The lowest BCUT2D eigenvalue weighted by Gasteiger charge is -2.31. The van der Waals surface area contributed by atoms with E-state index in [2.05, 4.69) is 4.98 Å². The zero-order valence-corrected chi connectivity index (χ0v) is 12.9. The van der Waals surface area contributed by atoms with Gasteiger partial charge < -0.3 is 4.84 Å². The molecule has 1 aliphatic rings. The molecule has 1 saturated heterocycles. The van der Waals surface area contributed by atoms with E-state index in [9.17, 15) is 9.59 Å². The molecule has 2 rings (SSSR count). The van der Waals surface area contributed by atoms with Gasteiger partial charge in [0.15, 0.2) is 10.8 Å². The summed E-state index contributed by atoms with van der Waals surface area (Å²) < 4.78 is 0. The molecule has 1 aromatic rings. The molecule has 0 atom stereocenters. The van der Waals surface area contributed by atoms with Crippen LogP contribution in [-0.4, -0.2) is 34.9 Å². The zero-order chi connectivity index (χ0) is 14.8. The van der Waals surface area contributed by atoms with Gasteiger partial charge in [0.25, 0.3) is 0 Å². The molecule has 20 heavy (non-hydrogen) atoms. The number of Topliss-reactive ketones (excluding diaryl/α,β-unsaturated/α-hetero) is 1. The highest BCUT2D eigenvalue weighted by atomic mass is 32.1. The van der Waals surface area contributed by atoms with E-state index in [0.717, 1.165) is 0 Å². The predicted octanol–water partition coefficient (Wildman–Crippen LogP) is 2.54. The van der Waals surface area contributed by atoms with E-state index in [1.54, 1.807) is 11.3 Å². The highest BCUT2D eigenvalue weighted by Gasteiger charge is 2.31.